The fourth-order valence-electron chi connectivity index (χ4n) is 2.09. The minimum atomic E-state index is -0.777. The van der Waals surface area contributed by atoms with Gasteiger partial charge in [-0.3, -0.25) is 9.36 Å². The molecule has 0 radical (unpaired) electrons. The summed E-state index contributed by atoms with van der Waals surface area (Å²) in [6, 6.07) is 6.19. The lowest BCUT2D eigenvalue weighted by atomic mass is 10.2. The fourth-order valence-corrected chi connectivity index (χ4v) is 2.25. The molecule has 1 aromatic carbocycles. The number of aromatic nitrogens is 2. The molecule has 0 aliphatic carbocycles. The molecular formula is C14H15ClN2O3. The Bertz CT molecular complexity index is 709. The number of benzene rings is 1. The van der Waals surface area contributed by atoms with Crippen LogP contribution in [0.4, 0.5) is 0 Å². The van der Waals surface area contributed by atoms with Crippen molar-refractivity contribution in [3.8, 4) is 0 Å². The highest BCUT2D eigenvalue weighted by molar-refractivity contribution is 6.20. The third-order valence-electron chi connectivity index (χ3n) is 3.12. The van der Waals surface area contributed by atoms with E-state index in [2.05, 4.69) is 4.98 Å². The average molecular weight is 295 g/mol. The number of alkyl halides is 1. The number of methoxy groups -OCH3 is 1. The van der Waals surface area contributed by atoms with Crippen molar-refractivity contribution < 1.29 is 9.53 Å². The molecule has 0 N–H and O–H groups in total. The van der Waals surface area contributed by atoms with E-state index in [9.17, 15) is 9.59 Å². The number of halogens is 1. The summed E-state index contributed by atoms with van der Waals surface area (Å²) in [5.41, 5.74) is 0.268. The van der Waals surface area contributed by atoms with Crippen LogP contribution in [-0.4, -0.2) is 22.6 Å². The Labute approximate surface area is 121 Å². The third-order valence-corrected chi connectivity index (χ3v) is 3.32. The van der Waals surface area contributed by atoms with Crippen LogP contribution >= 0.6 is 11.6 Å². The van der Waals surface area contributed by atoms with Gasteiger partial charge < -0.3 is 4.74 Å². The monoisotopic (exact) mass is 294 g/mol. The first kappa shape index (κ1) is 14.5. The van der Waals surface area contributed by atoms with Crippen LogP contribution < -0.4 is 5.56 Å². The quantitative estimate of drug-likeness (QED) is 0.644. The maximum atomic E-state index is 12.6. The van der Waals surface area contributed by atoms with Crippen molar-refractivity contribution in [1.29, 1.82) is 0 Å². The van der Waals surface area contributed by atoms with Gasteiger partial charge in [0.15, 0.2) is 0 Å². The fraction of sp³-hybridized carbons (Fsp3) is 0.357. The van der Waals surface area contributed by atoms with E-state index in [0.717, 1.165) is 0 Å². The molecule has 2 rings (SSSR count). The molecule has 0 saturated heterocycles. The zero-order valence-corrected chi connectivity index (χ0v) is 12.2. The number of carbonyl (C=O) groups is 1. The summed E-state index contributed by atoms with van der Waals surface area (Å²) < 4.78 is 6.00. The van der Waals surface area contributed by atoms with Gasteiger partial charge in [-0.15, -0.1) is 11.6 Å². The molecule has 0 fully saturated rings. The molecule has 0 amide bonds. The second kappa shape index (κ2) is 5.63. The van der Waals surface area contributed by atoms with Crippen molar-refractivity contribution in [3.63, 3.8) is 0 Å². The SMILES string of the molecule is COC(=O)C(C)n1c(C(C)Cl)nc2ccccc2c1=O. The Hall–Kier alpha value is -1.88. The number of fused-ring (bicyclic) bond motifs is 1. The zero-order valence-electron chi connectivity index (χ0n) is 11.5. The lowest BCUT2D eigenvalue weighted by Gasteiger charge is -2.19. The smallest absolute Gasteiger partial charge is 0.328 e. The Morgan fingerprint density at radius 2 is 2.00 bits per heavy atom. The molecule has 0 saturated carbocycles. The van der Waals surface area contributed by atoms with Crippen LogP contribution in [0, 0.1) is 0 Å². The van der Waals surface area contributed by atoms with Gasteiger partial charge in [-0.25, -0.2) is 9.78 Å². The van der Waals surface area contributed by atoms with Gasteiger partial charge in [0.2, 0.25) is 0 Å². The molecule has 0 spiro atoms. The van der Waals surface area contributed by atoms with Crippen LogP contribution in [0.25, 0.3) is 10.9 Å². The molecule has 2 unspecified atom stereocenters. The standard InChI is InChI=1S/C14H15ClN2O3/c1-8(15)12-16-11-7-5-4-6-10(11)13(18)17(12)9(2)14(19)20-3/h4-9H,1-3H3. The molecule has 2 atom stereocenters. The summed E-state index contributed by atoms with van der Waals surface area (Å²) in [5.74, 6) is -0.156. The summed E-state index contributed by atoms with van der Waals surface area (Å²) in [4.78, 5) is 28.7. The molecule has 0 aliphatic rings. The highest BCUT2D eigenvalue weighted by atomic mass is 35.5. The average Bonchev–Trinajstić information content (AvgIpc) is 2.45. The molecular weight excluding hydrogens is 280 g/mol. The minimum absolute atomic E-state index is 0.295. The number of carbonyl (C=O) groups excluding carboxylic acids is 1. The summed E-state index contributed by atoms with van der Waals surface area (Å²) >= 11 is 6.10. The molecule has 20 heavy (non-hydrogen) atoms. The molecule has 2 aromatic rings. The van der Waals surface area contributed by atoms with E-state index in [-0.39, 0.29) is 5.56 Å². The number of esters is 1. The van der Waals surface area contributed by atoms with Gasteiger partial charge >= 0.3 is 5.97 Å². The first-order valence-corrected chi connectivity index (χ1v) is 6.64. The summed E-state index contributed by atoms with van der Waals surface area (Å²) in [5, 5.41) is -0.0521. The predicted molar refractivity (Wildman–Crippen MR) is 77.0 cm³/mol. The number of ether oxygens (including phenoxy) is 1. The van der Waals surface area contributed by atoms with Crippen LogP contribution in [0.15, 0.2) is 29.1 Å². The number of hydrogen-bond donors (Lipinski definition) is 0. The normalized spacial score (nSPS) is 14.0. The van der Waals surface area contributed by atoms with E-state index < -0.39 is 17.4 Å². The van der Waals surface area contributed by atoms with Crippen molar-refractivity contribution in [2.45, 2.75) is 25.3 Å². The largest absolute Gasteiger partial charge is 0.467 e. The van der Waals surface area contributed by atoms with E-state index in [0.29, 0.717) is 16.7 Å². The molecule has 0 aliphatic heterocycles. The first-order chi connectivity index (χ1) is 9.47. The maximum absolute atomic E-state index is 12.6. The van der Waals surface area contributed by atoms with Gasteiger partial charge in [-0.05, 0) is 26.0 Å². The van der Waals surface area contributed by atoms with Gasteiger partial charge in [0.25, 0.3) is 5.56 Å². The van der Waals surface area contributed by atoms with Crippen LogP contribution in [-0.2, 0) is 9.53 Å². The number of rotatable bonds is 3. The second-order valence-electron chi connectivity index (χ2n) is 4.48. The van der Waals surface area contributed by atoms with E-state index in [1.807, 2.05) is 0 Å². The zero-order chi connectivity index (χ0) is 14.9. The Morgan fingerprint density at radius 1 is 1.35 bits per heavy atom. The Balaban J connectivity index is 2.80. The van der Waals surface area contributed by atoms with Crippen molar-refractivity contribution in [2.24, 2.45) is 0 Å². The highest BCUT2D eigenvalue weighted by Crippen LogP contribution is 2.22. The third kappa shape index (κ3) is 2.41. The van der Waals surface area contributed by atoms with Crippen LogP contribution in [0.5, 0.6) is 0 Å². The van der Waals surface area contributed by atoms with E-state index >= 15 is 0 Å². The molecule has 0 bridgehead atoms. The van der Waals surface area contributed by atoms with E-state index in [1.54, 1.807) is 38.1 Å². The van der Waals surface area contributed by atoms with Gasteiger partial charge in [-0.1, -0.05) is 12.1 Å². The van der Waals surface area contributed by atoms with Crippen LogP contribution in [0.2, 0.25) is 0 Å². The van der Waals surface area contributed by atoms with Crippen molar-refractivity contribution >= 4 is 28.5 Å². The van der Waals surface area contributed by atoms with Crippen LogP contribution in [0.1, 0.15) is 31.1 Å². The molecule has 106 valence electrons. The number of nitrogens with zero attached hydrogens (tertiary/aromatic N) is 2. The first-order valence-electron chi connectivity index (χ1n) is 6.20. The van der Waals surface area contributed by atoms with Crippen molar-refractivity contribution in [2.75, 3.05) is 7.11 Å². The van der Waals surface area contributed by atoms with Crippen molar-refractivity contribution in [3.05, 3.63) is 40.4 Å². The highest BCUT2D eigenvalue weighted by Gasteiger charge is 2.24. The topological polar surface area (TPSA) is 61.2 Å². The lowest BCUT2D eigenvalue weighted by molar-refractivity contribution is -0.144. The number of para-hydroxylation sites is 1. The Morgan fingerprint density at radius 3 is 2.60 bits per heavy atom. The molecule has 1 aromatic heterocycles. The van der Waals surface area contributed by atoms with E-state index in [4.69, 9.17) is 16.3 Å². The number of hydrogen-bond acceptors (Lipinski definition) is 4. The van der Waals surface area contributed by atoms with Crippen molar-refractivity contribution in [1.82, 2.24) is 9.55 Å². The second-order valence-corrected chi connectivity index (χ2v) is 5.13. The van der Waals surface area contributed by atoms with Crippen LogP contribution in [0.3, 0.4) is 0 Å². The summed E-state index contributed by atoms with van der Waals surface area (Å²) in [6.45, 7) is 3.30. The summed E-state index contributed by atoms with van der Waals surface area (Å²) in [7, 11) is 1.28. The van der Waals surface area contributed by atoms with Gasteiger partial charge in [0, 0.05) is 0 Å². The molecule has 5 nitrogen and oxygen atoms in total. The lowest BCUT2D eigenvalue weighted by Crippen LogP contribution is -2.32. The predicted octanol–water partition coefficient (Wildman–Crippen LogP) is 2.43. The Kier molecular flexibility index (Phi) is 4.09. The van der Waals surface area contributed by atoms with Gasteiger partial charge in [-0.2, -0.15) is 0 Å². The van der Waals surface area contributed by atoms with E-state index in [1.165, 1.54) is 11.7 Å². The molecule has 6 heteroatoms. The van der Waals surface area contributed by atoms with Gasteiger partial charge in [0.1, 0.15) is 11.9 Å². The maximum Gasteiger partial charge on any atom is 0.328 e. The summed E-state index contributed by atoms with van der Waals surface area (Å²) in [6.07, 6.45) is 0. The molecule has 1 heterocycles. The van der Waals surface area contributed by atoms with Gasteiger partial charge in [0.05, 0.1) is 23.4 Å². The minimum Gasteiger partial charge on any atom is -0.467 e.